The monoisotopic (exact) mass is 286 g/mol. The van der Waals surface area contributed by atoms with E-state index in [0.717, 1.165) is 11.8 Å². The summed E-state index contributed by atoms with van der Waals surface area (Å²) in [5.74, 6) is -0.812. The third kappa shape index (κ3) is 4.69. The number of rotatable bonds is 4. The molecule has 1 rings (SSSR count). The van der Waals surface area contributed by atoms with E-state index in [4.69, 9.17) is 16.7 Å². The fourth-order valence-corrected chi connectivity index (χ4v) is 2.03. The normalized spacial score (nSPS) is 13.8. The fraction of sp³-hybridized carbons (Fsp3) is 0.556. The summed E-state index contributed by atoms with van der Waals surface area (Å²) in [7, 11) is 0. The third-order valence-electron chi connectivity index (χ3n) is 1.75. The van der Waals surface area contributed by atoms with Crippen molar-refractivity contribution in [3.8, 4) is 0 Å². The van der Waals surface area contributed by atoms with E-state index in [-0.39, 0.29) is 22.7 Å². The van der Waals surface area contributed by atoms with Crippen LogP contribution in [0.4, 0.5) is 13.2 Å². The Labute approximate surface area is 105 Å². The van der Waals surface area contributed by atoms with Crippen LogP contribution in [0, 0.1) is 5.92 Å². The second kappa shape index (κ2) is 5.88. The summed E-state index contributed by atoms with van der Waals surface area (Å²) in [6.07, 6.45) is -4.61. The number of hydrogen-bond acceptors (Lipinski definition) is 4. The van der Waals surface area contributed by atoms with E-state index >= 15 is 0 Å². The molecule has 0 aromatic carbocycles. The van der Waals surface area contributed by atoms with E-state index < -0.39 is 12.0 Å². The molecule has 17 heavy (non-hydrogen) atoms. The summed E-state index contributed by atoms with van der Waals surface area (Å²) >= 11 is 6.59. The summed E-state index contributed by atoms with van der Waals surface area (Å²) < 4.78 is 37.1. The molecule has 0 aliphatic heterocycles. The van der Waals surface area contributed by atoms with Crippen LogP contribution in [0.1, 0.15) is 12.7 Å². The van der Waals surface area contributed by atoms with Crippen molar-refractivity contribution in [2.75, 3.05) is 12.4 Å². The van der Waals surface area contributed by atoms with Gasteiger partial charge in [0, 0.05) is 18.4 Å². The van der Waals surface area contributed by atoms with Crippen molar-refractivity contribution < 1.29 is 18.3 Å². The first-order valence-corrected chi connectivity index (χ1v) is 6.04. The van der Waals surface area contributed by atoms with Gasteiger partial charge in [-0.3, -0.25) is 0 Å². The van der Waals surface area contributed by atoms with Gasteiger partial charge in [0.2, 0.25) is 5.82 Å². The van der Waals surface area contributed by atoms with Crippen LogP contribution in [0.15, 0.2) is 11.1 Å². The van der Waals surface area contributed by atoms with Crippen LogP contribution < -0.4 is 0 Å². The van der Waals surface area contributed by atoms with Gasteiger partial charge >= 0.3 is 6.18 Å². The highest BCUT2D eigenvalue weighted by Crippen LogP contribution is 2.29. The zero-order valence-electron chi connectivity index (χ0n) is 8.83. The lowest BCUT2D eigenvalue weighted by atomic mass is 10.2. The molecule has 1 N–H and O–H groups in total. The Balaban J connectivity index is 2.83. The van der Waals surface area contributed by atoms with Crippen molar-refractivity contribution in [2.24, 2.45) is 5.92 Å². The average Bonchev–Trinajstić information content (AvgIpc) is 2.24. The van der Waals surface area contributed by atoms with Crippen LogP contribution >= 0.6 is 23.4 Å². The molecule has 0 saturated heterocycles. The van der Waals surface area contributed by atoms with E-state index in [2.05, 4.69) is 9.97 Å². The molecule has 1 aromatic rings. The molecule has 0 amide bonds. The molecule has 3 nitrogen and oxygen atoms in total. The van der Waals surface area contributed by atoms with Crippen LogP contribution in [0.2, 0.25) is 5.15 Å². The Morgan fingerprint density at radius 2 is 2.12 bits per heavy atom. The minimum absolute atomic E-state index is 0.0249. The maximum Gasteiger partial charge on any atom is 0.451 e. The largest absolute Gasteiger partial charge is 0.451 e. The van der Waals surface area contributed by atoms with E-state index in [1.807, 2.05) is 0 Å². The van der Waals surface area contributed by atoms with Crippen molar-refractivity contribution in [1.29, 1.82) is 0 Å². The minimum atomic E-state index is -4.61. The van der Waals surface area contributed by atoms with Gasteiger partial charge in [-0.2, -0.15) is 13.2 Å². The zero-order valence-corrected chi connectivity index (χ0v) is 10.4. The van der Waals surface area contributed by atoms with Crippen LogP contribution in [-0.4, -0.2) is 27.4 Å². The van der Waals surface area contributed by atoms with E-state index in [0.29, 0.717) is 5.75 Å². The van der Waals surface area contributed by atoms with Crippen molar-refractivity contribution in [2.45, 2.75) is 18.1 Å². The fourth-order valence-electron chi connectivity index (χ4n) is 0.878. The first kappa shape index (κ1) is 14.5. The van der Waals surface area contributed by atoms with Gasteiger partial charge < -0.3 is 5.11 Å². The van der Waals surface area contributed by atoms with Crippen molar-refractivity contribution in [3.05, 3.63) is 17.0 Å². The molecule has 1 unspecified atom stereocenters. The van der Waals surface area contributed by atoms with Gasteiger partial charge in [-0.1, -0.05) is 18.5 Å². The SMILES string of the molecule is CC(CO)CSc1cc(Cl)nc(C(F)(F)F)n1. The number of alkyl halides is 3. The predicted molar refractivity (Wildman–Crippen MR) is 59.0 cm³/mol. The smallest absolute Gasteiger partial charge is 0.396 e. The first-order valence-electron chi connectivity index (χ1n) is 4.68. The lowest BCUT2D eigenvalue weighted by Crippen LogP contribution is -2.12. The molecule has 0 spiro atoms. The molecule has 0 aliphatic carbocycles. The van der Waals surface area contributed by atoms with Crippen LogP contribution in [0.25, 0.3) is 0 Å². The van der Waals surface area contributed by atoms with Gasteiger partial charge in [-0.25, -0.2) is 9.97 Å². The number of aliphatic hydroxyl groups excluding tert-OH is 1. The van der Waals surface area contributed by atoms with Crippen molar-refractivity contribution in [3.63, 3.8) is 0 Å². The molecule has 0 fully saturated rings. The van der Waals surface area contributed by atoms with Crippen LogP contribution in [0.3, 0.4) is 0 Å². The molecule has 8 heteroatoms. The van der Waals surface area contributed by atoms with E-state index in [1.165, 1.54) is 6.07 Å². The van der Waals surface area contributed by atoms with Gasteiger partial charge in [0.05, 0.1) is 0 Å². The Bertz CT molecular complexity index is 389. The lowest BCUT2D eigenvalue weighted by Gasteiger charge is -2.09. The van der Waals surface area contributed by atoms with Gasteiger partial charge in [0.25, 0.3) is 0 Å². The van der Waals surface area contributed by atoms with Crippen molar-refractivity contribution >= 4 is 23.4 Å². The summed E-state index contributed by atoms with van der Waals surface area (Å²) in [5, 5.41) is 8.71. The summed E-state index contributed by atoms with van der Waals surface area (Å²) in [4.78, 5) is 6.49. The molecule has 0 saturated carbocycles. The molecular weight excluding hydrogens is 277 g/mol. The molecule has 0 bridgehead atoms. The standard InChI is InChI=1S/C9H10ClF3N2OS/c1-5(3-16)4-17-7-2-6(10)14-8(15-7)9(11,12)13/h2,5,16H,3-4H2,1H3. The molecule has 0 radical (unpaired) electrons. The van der Waals surface area contributed by atoms with Crippen LogP contribution in [0.5, 0.6) is 0 Å². The minimum Gasteiger partial charge on any atom is -0.396 e. The Morgan fingerprint density at radius 3 is 2.65 bits per heavy atom. The van der Waals surface area contributed by atoms with Crippen LogP contribution in [-0.2, 0) is 6.18 Å². The molecule has 0 aliphatic rings. The second-order valence-electron chi connectivity index (χ2n) is 3.45. The number of halogens is 4. The first-order chi connectivity index (χ1) is 7.82. The van der Waals surface area contributed by atoms with Crippen molar-refractivity contribution in [1.82, 2.24) is 9.97 Å². The molecule has 1 aromatic heterocycles. The Morgan fingerprint density at radius 1 is 1.47 bits per heavy atom. The number of nitrogens with zero attached hydrogens (tertiary/aromatic N) is 2. The van der Waals surface area contributed by atoms with E-state index in [1.54, 1.807) is 6.92 Å². The highest BCUT2D eigenvalue weighted by Gasteiger charge is 2.35. The topological polar surface area (TPSA) is 46.0 Å². The Hall–Kier alpha value is -0.530. The Kier molecular flexibility index (Phi) is 5.03. The van der Waals surface area contributed by atoms with Gasteiger partial charge in [0.1, 0.15) is 10.2 Å². The molecule has 96 valence electrons. The molecule has 1 heterocycles. The molecular formula is C9H10ClF3N2OS. The number of thioether (sulfide) groups is 1. The number of hydrogen-bond donors (Lipinski definition) is 1. The highest BCUT2D eigenvalue weighted by molar-refractivity contribution is 7.99. The maximum atomic E-state index is 12.4. The average molecular weight is 287 g/mol. The third-order valence-corrected chi connectivity index (χ3v) is 3.19. The quantitative estimate of drug-likeness (QED) is 0.683. The van der Waals surface area contributed by atoms with E-state index in [9.17, 15) is 13.2 Å². The maximum absolute atomic E-state index is 12.4. The van der Waals surface area contributed by atoms with Gasteiger partial charge in [0.15, 0.2) is 0 Å². The highest BCUT2D eigenvalue weighted by atomic mass is 35.5. The number of aliphatic hydroxyl groups is 1. The van der Waals surface area contributed by atoms with Gasteiger partial charge in [-0.15, -0.1) is 11.8 Å². The van der Waals surface area contributed by atoms with Gasteiger partial charge in [-0.05, 0) is 5.92 Å². The predicted octanol–water partition coefficient (Wildman–Crippen LogP) is 2.87. The zero-order chi connectivity index (χ0) is 13.1. The second-order valence-corrected chi connectivity index (χ2v) is 4.88. The summed E-state index contributed by atoms with van der Waals surface area (Å²) in [5.41, 5.74) is 0. The molecule has 1 atom stereocenters. The number of aromatic nitrogens is 2. The lowest BCUT2D eigenvalue weighted by molar-refractivity contribution is -0.145. The summed E-state index contributed by atoms with van der Waals surface area (Å²) in [6.45, 7) is 1.75. The summed E-state index contributed by atoms with van der Waals surface area (Å²) in [6, 6.07) is 1.27.